The number of carbonyl (C=O) groups excluding carboxylic acids is 1. The minimum Gasteiger partial charge on any atom is -0.384 e. The van der Waals surface area contributed by atoms with Crippen LogP contribution < -0.4 is 10.6 Å². The first-order valence-corrected chi connectivity index (χ1v) is 6.33. The Bertz CT molecular complexity index is 429. The average molecular weight is 250 g/mol. The summed E-state index contributed by atoms with van der Waals surface area (Å²) in [4.78, 5) is 13.2. The van der Waals surface area contributed by atoms with E-state index in [0.717, 1.165) is 27.7 Å². The molecule has 0 unspecified atom stereocenters. The van der Waals surface area contributed by atoms with Gasteiger partial charge in [-0.05, 0) is 37.0 Å². The zero-order valence-corrected chi connectivity index (χ0v) is 11.3. The highest BCUT2D eigenvalue weighted by atomic mass is 32.2. The first-order valence-electron chi connectivity index (χ1n) is 5.51. The van der Waals surface area contributed by atoms with E-state index < -0.39 is 0 Å². The molecule has 92 valence electrons. The molecular weight excluding hydrogens is 232 g/mol. The molecule has 1 amide bonds. The van der Waals surface area contributed by atoms with Gasteiger partial charge in [0.25, 0.3) is 0 Å². The maximum absolute atomic E-state index is 11.0. The predicted molar refractivity (Wildman–Crippen MR) is 75.6 cm³/mol. The van der Waals surface area contributed by atoms with Crippen molar-refractivity contribution in [1.82, 2.24) is 0 Å². The topological polar surface area (TPSA) is 41.1 Å². The number of carbonyl (C=O) groups is 1. The normalized spacial score (nSPS) is 9.82. The lowest BCUT2D eigenvalue weighted by Crippen LogP contribution is -2.06. The number of nitrogens with one attached hydrogen (secondary N) is 2. The van der Waals surface area contributed by atoms with Crippen molar-refractivity contribution in [2.24, 2.45) is 0 Å². The molecule has 0 saturated carbocycles. The van der Waals surface area contributed by atoms with Crippen molar-refractivity contribution in [2.75, 3.05) is 17.2 Å². The van der Waals surface area contributed by atoms with Crippen LogP contribution in [0.2, 0.25) is 0 Å². The highest BCUT2D eigenvalue weighted by Crippen LogP contribution is 2.33. The molecule has 1 aromatic carbocycles. The predicted octanol–water partition coefficient (Wildman–Crippen LogP) is 3.70. The van der Waals surface area contributed by atoms with E-state index in [1.165, 1.54) is 6.92 Å². The van der Waals surface area contributed by atoms with Gasteiger partial charge < -0.3 is 10.6 Å². The third-order valence-corrected chi connectivity index (χ3v) is 2.88. The van der Waals surface area contributed by atoms with Gasteiger partial charge in [-0.1, -0.05) is 18.3 Å². The van der Waals surface area contributed by atoms with E-state index in [4.69, 9.17) is 0 Å². The first-order chi connectivity index (χ1) is 8.02. The number of hydrogen-bond donors (Lipinski definition) is 2. The van der Waals surface area contributed by atoms with Crippen LogP contribution in [0.15, 0.2) is 34.6 Å². The van der Waals surface area contributed by atoms with E-state index in [2.05, 4.69) is 17.2 Å². The smallest absolute Gasteiger partial charge is 0.221 e. The number of thioether (sulfide) groups is 1. The van der Waals surface area contributed by atoms with Crippen molar-refractivity contribution in [2.45, 2.75) is 25.7 Å². The van der Waals surface area contributed by atoms with E-state index in [1.807, 2.05) is 32.0 Å². The van der Waals surface area contributed by atoms with Crippen molar-refractivity contribution < 1.29 is 4.79 Å². The summed E-state index contributed by atoms with van der Waals surface area (Å²) in [6.07, 6.45) is 0. The van der Waals surface area contributed by atoms with Gasteiger partial charge in [-0.15, -0.1) is 0 Å². The number of benzene rings is 1. The average Bonchev–Trinajstić information content (AvgIpc) is 2.21. The highest BCUT2D eigenvalue weighted by molar-refractivity contribution is 8.03. The SMILES string of the molecule is C=C(C)Sc1ccc(NC(C)=O)cc1NCC. The van der Waals surface area contributed by atoms with Crippen molar-refractivity contribution in [3.8, 4) is 0 Å². The third kappa shape index (κ3) is 4.53. The molecule has 0 aliphatic rings. The molecule has 0 radical (unpaired) electrons. The van der Waals surface area contributed by atoms with Gasteiger partial charge in [0.1, 0.15) is 0 Å². The number of hydrogen-bond acceptors (Lipinski definition) is 3. The Morgan fingerprint density at radius 3 is 2.65 bits per heavy atom. The van der Waals surface area contributed by atoms with Crippen LogP contribution in [0.1, 0.15) is 20.8 Å². The second-order valence-corrected chi connectivity index (χ2v) is 5.07. The fourth-order valence-electron chi connectivity index (χ4n) is 1.42. The molecule has 0 spiro atoms. The quantitative estimate of drug-likeness (QED) is 0.783. The molecule has 0 aromatic heterocycles. The molecule has 4 heteroatoms. The zero-order valence-electron chi connectivity index (χ0n) is 10.5. The largest absolute Gasteiger partial charge is 0.384 e. The summed E-state index contributed by atoms with van der Waals surface area (Å²) in [5.41, 5.74) is 1.83. The van der Waals surface area contributed by atoms with Gasteiger partial charge in [0.05, 0.1) is 5.69 Å². The van der Waals surface area contributed by atoms with Crippen LogP contribution in [0.4, 0.5) is 11.4 Å². The minimum atomic E-state index is -0.0623. The van der Waals surface area contributed by atoms with Crippen molar-refractivity contribution in [3.05, 3.63) is 29.7 Å². The second-order valence-electron chi connectivity index (χ2n) is 3.73. The molecule has 3 nitrogen and oxygen atoms in total. The van der Waals surface area contributed by atoms with Gasteiger partial charge in [-0.3, -0.25) is 4.79 Å². The minimum absolute atomic E-state index is 0.0623. The molecule has 17 heavy (non-hydrogen) atoms. The standard InChI is InChI=1S/C13H18N2OS/c1-5-14-12-8-11(15-10(4)16)6-7-13(12)17-9(2)3/h6-8,14H,2,5H2,1,3-4H3,(H,15,16). The summed E-state index contributed by atoms with van der Waals surface area (Å²) in [5.74, 6) is -0.0623. The Morgan fingerprint density at radius 1 is 1.41 bits per heavy atom. The monoisotopic (exact) mass is 250 g/mol. The van der Waals surface area contributed by atoms with Gasteiger partial charge in [0.15, 0.2) is 0 Å². The fourth-order valence-corrected chi connectivity index (χ4v) is 2.17. The Labute approximate surface area is 107 Å². The molecule has 0 aliphatic carbocycles. The molecule has 0 aliphatic heterocycles. The second kappa shape index (κ2) is 6.35. The highest BCUT2D eigenvalue weighted by Gasteiger charge is 2.05. The lowest BCUT2D eigenvalue weighted by molar-refractivity contribution is -0.114. The lowest BCUT2D eigenvalue weighted by Gasteiger charge is -2.12. The first kappa shape index (κ1) is 13.6. The summed E-state index contributed by atoms with van der Waals surface area (Å²) >= 11 is 1.62. The van der Waals surface area contributed by atoms with Gasteiger partial charge in [0.2, 0.25) is 5.91 Å². The summed E-state index contributed by atoms with van der Waals surface area (Å²) in [5, 5.41) is 6.06. The summed E-state index contributed by atoms with van der Waals surface area (Å²) in [6, 6.07) is 5.83. The zero-order chi connectivity index (χ0) is 12.8. The van der Waals surface area contributed by atoms with E-state index in [9.17, 15) is 4.79 Å². The molecule has 0 atom stereocenters. The summed E-state index contributed by atoms with van der Waals surface area (Å²) < 4.78 is 0. The lowest BCUT2D eigenvalue weighted by atomic mass is 10.2. The number of allylic oxidation sites excluding steroid dienone is 1. The van der Waals surface area contributed by atoms with Crippen LogP contribution in [0, 0.1) is 0 Å². The molecule has 0 heterocycles. The van der Waals surface area contributed by atoms with Crippen LogP contribution in [0.25, 0.3) is 0 Å². The molecular formula is C13H18N2OS. The molecule has 0 bridgehead atoms. The van der Waals surface area contributed by atoms with Crippen LogP contribution in [0.3, 0.4) is 0 Å². The maximum Gasteiger partial charge on any atom is 0.221 e. The van der Waals surface area contributed by atoms with Gasteiger partial charge >= 0.3 is 0 Å². The molecule has 0 fully saturated rings. The Morgan fingerprint density at radius 2 is 2.12 bits per heavy atom. The fraction of sp³-hybridized carbons (Fsp3) is 0.308. The molecule has 2 N–H and O–H groups in total. The van der Waals surface area contributed by atoms with E-state index in [1.54, 1.807) is 11.8 Å². The van der Waals surface area contributed by atoms with E-state index in [0.29, 0.717) is 0 Å². The number of anilines is 2. The Hall–Kier alpha value is -1.42. The number of rotatable bonds is 5. The van der Waals surface area contributed by atoms with Crippen molar-refractivity contribution in [3.63, 3.8) is 0 Å². The Kier molecular flexibility index (Phi) is 5.10. The maximum atomic E-state index is 11.0. The third-order valence-electron chi connectivity index (χ3n) is 1.95. The molecule has 0 saturated heterocycles. The van der Waals surface area contributed by atoms with Crippen molar-refractivity contribution >= 4 is 29.0 Å². The van der Waals surface area contributed by atoms with Gasteiger partial charge in [-0.2, -0.15) is 0 Å². The van der Waals surface area contributed by atoms with Crippen molar-refractivity contribution in [1.29, 1.82) is 0 Å². The molecule has 1 aromatic rings. The van der Waals surface area contributed by atoms with E-state index in [-0.39, 0.29) is 5.91 Å². The van der Waals surface area contributed by atoms with Crippen LogP contribution >= 0.6 is 11.8 Å². The number of amides is 1. The summed E-state index contributed by atoms with van der Waals surface area (Å²) in [7, 11) is 0. The van der Waals surface area contributed by atoms with Gasteiger partial charge in [0, 0.05) is 24.1 Å². The van der Waals surface area contributed by atoms with E-state index >= 15 is 0 Å². The Balaban J connectivity index is 2.98. The van der Waals surface area contributed by atoms with Crippen LogP contribution in [-0.2, 0) is 4.79 Å². The molecule has 1 rings (SSSR count). The van der Waals surface area contributed by atoms with Crippen LogP contribution in [0.5, 0.6) is 0 Å². The van der Waals surface area contributed by atoms with Crippen LogP contribution in [-0.4, -0.2) is 12.5 Å². The summed E-state index contributed by atoms with van der Waals surface area (Å²) in [6.45, 7) is 10.2. The van der Waals surface area contributed by atoms with Gasteiger partial charge in [-0.25, -0.2) is 0 Å².